The molecule has 1 heterocycles. The van der Waals surface area contributed by atoms with Crippen LogP contribution in [0.3, 0.4) is 0 Å². The molecular formula is C13H21NO2S. The van der Waals surface area contributed by atoms with Crippen LogP contribution in [-0.2, 0) is 15.9 Å². The third-order valence-electron chi connectivity index (χ3n) is 3.24. The molecule has 1 aliphatic carbocycles. The summed E-state index contributed by atoms with van der Waals surface area (Å²) in [5.74, 6) is 0. The monoisotopic (exact) mass is 255 g/mol. The summed E-state index contributed by atoms with van der Waals surface area (Å²) < 4.78 is 11.6. The van der Waals surface area contributed by atoms with E-state index in [1.807, 2.05) is 14.0 Å². The van der Waals surface area contributed by atoms with Gasteiger partial charge in [0.25, 0.3) is 0 Å². The Kier molecular flexibility index (Phi) is 4.98. The third-order valence-corrected chi connectivity index (χ3v) is 4.18. The summed E-state index contributed by atoms with van der Waals surface area (Å²) in [5.41, 5.74) is 0. The van der Waals surface area contributed by atoms with E-state index in [2.05, 4.69) is 22.8 Å². The Balaban J connectivity index is 1.69. The van der Waals surface area contributed by atoms with Crippen LogP contribution in [0.15, 0.2) is 17.5 Å². The largest absolute Gasteiger partial charge is 0.375 e. The molecule has 1 aromatic heterocycles. The first-order valence-electron chi connectivity index (χ1n) is 6.28. The summed E-state index contributed by atoms with van der Waals surface area (Å²) in [5, 5.41) is 5.38. The second kappa shape index (κ2) is 6.50. The van der Waals surface area contributed by atoms with E-state index in [1.54, 1.807) is 11.3 Å². The number of nitrogens with one attached hydrogen (secondary N) is 1. The first-order chi connectivity index (χ1) is 8.35. The smallest absolute Gasteiger partial charge is 0.0990 e. The number of rotatable bonds is 7. The maximum absolute atomic E-state index is 5.89. The van der Waals surface area contributed by atoms with Crippen molar-refractivity contribution in [1.82, 2.24) is 5.32 Å². The van der Waals surface area contributed by atoms with Crippen molar-refractivity contribution in [3.63, 3.8) is 0 Å². The maximum atomic E-state index is 5.89. The first kappa shape index (κ1) is 13.0. The van der Waals surface area contributed by atoms with Crippen molar-refractivity contribution in [3.05, 3.63) is 22.4 Å². The van der Waals surface area contributed by atoms with Gasteiger partial charge in [0.1, 0.15) is 0 Å². The molecule has 1 saturated carbocycles. The van der Waals surface area contributed by atoms with Crippen LogP contribution in [0.5, 0.6) is 0 Å². The van der Waals surface area contributed by atoms with E-state index >= 15 is 0 Å². The number of hydrogen-bond acceptors (Lipinski definition) is 4. The molecular weight excluding hydrogens is 234 g/mol. The summed E-state index contributed by atoms with van der Waals surface area (Å²) >= 11 is 1.79. The van der Waals surface area contributed by atoms with E-state index in [-0.39, 0.29) is 12.2 Å². The van der Waals surface area contributed by atoms with Crippen molar-refractivity contribution in [2.24, 2.45) is 0 Å². The van der Waals surface area contributed by atoms with Gasteiger partial charge in [-0.3, -0.25) is 0 Å². The van der Waals surface area contributed by atoms with E-state index < -0.39 is 0 Å². The number of ether oxygens (including phenoxy) is 2. The van der Waals surface area contributed by atoms with E-state index in [9.17, 15) is 0 Å². The van der Waals surface area contributed by atoms with E-state index in [0.717, 1.165) is 26.1 Å². The van der Waals surface area contributed by atoms with Gasteiger partial charge in [-0.05, 0) is 31.8 Å². The fourth-order valence-electron chi connectivity index (χ4n) is 2.21. The second-order valence-electron chi connectivity index (χ2n) is 4.29. The van der Waals surface area contributed by atoms with Crippen LogP contribution in [0.4, 0.5) is 0 Å². The quantitative estimate of drug-likeness (QED) is 0.809. The molecule has 2 rings (SSSR count). The third kappa shape index (κ3) is 3.28. The molecule has 96 valence electrons. The topological polar surface area (TPSA) is 30.5 Å². The minimum Gasteiger partial charge on any atom is -0.375 e. The normalized spacial score (nSPS) is 28.0. The van der Waals surface area contributed by atoms with Gasteiger partial charge in [-0.25, -0.2) is 0 Å². The summed E-state index contributed by atoms with van der Waals surface area (Å²) in [4.78, 5) is 1.39. The van der Waals surface area contributed by atoms with Crippen LogP contribution in [0, 0.1) is 0 Å². The van der Waals surface area contributed by atoms with Crippen molar-refractivity contribution >= 4 is 11.3 Å². The van der Waals surface area contributed by atoms with Gasteiger partial charge in [0.05, 0.1) is 18.8 Å². The molecule has 1 aliphatic rings. The van der Waals surface area contributed by atoms with Crippen LogP contribution in [0.2, 0.25) is 0 Å². The lowest BCUT2D eigenvalue weighted by atomic mass is 9.85. The Morgan fingerprint density at radius 3 is 3.00 bits per heavy atom. The average molecular weight is 255 g/mol. The molecule has 3 nitrogen and oxygen atoms in total. The molecule has 3 unspecified atom stereocenters. The molecule has 1 N–H and O–H groups in total. The molecule has 0 bridgehead atoms. The highest BCUT2D eigenvalue weighted by Crippen LogP contribution is 2.27. The van der Waals surface area contributed by atoms with Gasteiger partial charge in [-0.2, -0.15) is 0 Å². The molecule has 0 radical (unpaired) electrons. The number of likely N-dealkylation sites (N-methyl/N-ethyl adjacent to an activating group) is 1. The lowest BCUT2D eigenvalue weighted by Gasteiger charge is -2.43. The van der Waals surface area contributed by atoms with Gasteiger partial charge in [0.2, 0.25) is 0 Å². The van der Waals surface area contributed by atoms with Crippen molar-refractivity contribution in [2.45, 2.75) is 38.0 Å². The first-order valence-corrected chi connectivity index (χ1v) is 7.16. The Bertz CT molecular complexity index is 315. The molecule has 1 fully saturated rings. The molecule has 0 amide bonds. The van der Waals surface area contributed by atoms with Crippen molar-refractivity contribution in [3.8, 4) is 0 Å². The average Bonchev–Trinajstić information content (AvgIpc) is 2.82. The summed E-state index contributed by atoms with van der Waals surface area (Å²) in [6.45, 7) is 3.59. The molecule has 3 atom stereocenters. The zero-order valence-electron chi connectivity index (χ0n) is 10.5. The minimum absolute atomic E-state index is 0.230. The Labute approximate surface area is 107 Å². The molecule has 0 saturated heterocycles. The van der Waals surface area contributed by atoms with Gasteiger partial charge >= 0.3 is 0 Å². The fourth-order valence-corrected chi connectivity index (χ4v) is 2.90. The predicted octanol–water partition coefficient (Wildman–Crippen LogP) is 2.07. The molecule has 17 heavy (non-hydrogen) atoms. The van der Waals surface area contributed by atoms with Crippen molar-refractivity contribution < 1.29 is 9.47 Å². The summed E-state index contributed by atoms with van der Waals surface area (Å²) in [6.07, 6.45) is 2.57. The highest BCUT2D eigenvalue weighted by Gasteiger charge is 2.41. The zero-order valence-corrected chi connectivity index (χ0v) is 11.3. The lowest BCUT2D eigenvalue weighted by Crippen LogP contribution is -2.59. The molecule has 0 aromatic carbocycles. The minimum atomic E-state index is 0.230. The standard InChI is InChI=1S/C13H21NO2S/c1-3-15-13-11(14-2)9-12(13)16-7-6-10-5-4-8-17-10/h4-5,8,11-14H,3,6-7,9H2,1-2H3. The Morgan fingerprint density at radius 1 is 1.47 bits per heavy atom. The Hall–Kier alpha value is -0.420. The van der Waals surface area contributed by atoms with Crippen molar-refractivity contribution in [1.29, 1.82) is 0 Å². The highest BCUT2D eigenvalue weighted by molar-refractivity contribution is 7.09. The van der Waals surface area contributed by atoms with E-state index in [1.165, 1.54) is 4.88 Å². The predicted molar refractivity (Wildman–Crippen MR) is 70.6 cm³/mol. The molecule has 1 aromatic rings. The fraction of sp³-hybridized carbons (Fsp3) is 0.692. The van der Waals surface area contributed by atoms with Crippen LogP contribution in [-0.4, -0.2) is 38.5 Å². The highest BCUT2D eigenvalue weighted by atomic mass is 32.1. The lowest BCUT2D eigenvalue weighted by molar-refractivity contribution is -0.143. The van der Waals surface area contributed by atoms with Gasteiger partial charge in [-0.15, -0.1) is 11.3 Å². The van der Waals surface area contributed by atoms with Crippen molar-refractivity contribution in [2.75, 3.05) is 20.3 Å². The van der Waals surface area contributed by atoms with Gasteiger partial charge in [0.15, 0.2) is 0 Å². The molecule has 0 spiro atoms. The molecule has 4 heteroatoms. The number of thiophene rings is 1. The molecule has 0 aliphatic heterocycles. The van der Waals surface area contributed by atoms with Crippen LogP contribution >= 0.6 is 11.3 Å². The van der Waals surface area contributed by atoms with Crippen LogP contribution in [0.1, 0.15) is 18.2 Å². The summed E-state index contributed by atoms with van der Waals surface area (Å²) in [6, 6.07) is 4.70. The van der Waals surface area contributed by atoms with E-state index in [0.29, 0.717) is 6.04 Å². The van der Waals surface area contributed by atoms with Crippen LogP contribution in [0.25, 0.3) is 0 Å². The Morgan fingerprint density at radius 2 is 2.35 bits per heavy atom. The summed E-state index contributed by atoms with van der Waals surface area (Å²) in [7, 11) is 1.98. The second-order valence-corrected chi connectivity index (χ2v) is 5.32. The van der Waals surface area contributed by atoms with Gasteiger partial charge in [-0.1, -0.05) is 6.07 Å². The maximum Gasteiger partial charge on any atom is 0.0990 e. The van der Waals surface area contributed by atoms with Crippen LogP contribution < -0.4 is 5.32 Å². The number of hydrogen-bond donors (Lipinski definition) is 1. The van der Waals surface area contributed by atoms with E-state index in [4.69, 9.17) is 9.47 Å². The SMILES string of the molecule is CCOC1C(NC)CC1OCCc1cccs1. The van der Waals surface area contributed by atoms with Gasteiger partial charge < -0.3 is 14.8 Å². The zero-order chi connectivity index (χ0) is 12.1. The van der Waals surface area contributed by atoms with Gasteiger partial charge in [0, 0.05) is 23.9 Å².